The minimum atomic E-state index is -0.0706. The zero-order valence-electron chi connectivity index (χ0n) is 16.6. The van der Waals surface area contributed by atoms with Gasteiger partial charge in [0.15, 0.2) is 5.96 Å². The van der Waals surface area contributed by atoms with Crippen molar-refractivity contribution in [1.82, 2.24) is 15.5 Å². The van der Waals surface area contributed by atoms with Crippen LogP contribution in [0.5, 0.6) is 5.75 Å². The maximum absolute atomic E-state index is 11.7. The number of nitrogens with one attached hydrogen (secondary N) is 2. The molecule has 0 spiro atoms. The molecule has 2 N–H and O–H groups in total. The molecule has 152 valence electrons. The monoisotopic (exact) mass is 496 g/mol. The molecule has 0 aliphatic heterocycles. The van der Waals surface area contributed by atoms with Gasteiger partial charge < -0.3 is 20.3 Å². The van der Waals surface area contributed by atoms with Gasteiger partial charge in [-0.25, -0.2) is 0 Å². The van der Waals surface area contributed by atoms with E-state index in [9.17, 15) is 4.79 Å². The molecule has 0 aromatic heterocycles. The molecule has 2 aromatic rings. The minimum Gasteiger partial charge on any atom is -0.492 e. The van der Waals surface area contributed by atoms with Crippen molar-refractivity contribution in [2.24, 2.45) is 4.99 Å². The molecule has 0 saturated carbocycles. The lowest BCUT2D eigenvalue weighted by Crippen LogP contribution is -2.41. The SMILES string of the molecule is CN=C(NCCc1cccc(C(=O)NC)c1)N(C)CCOc1ccccc1.I. The summed E-state index contributed by atoms with van der Waals surface area (Å²) < 4.78 is 5.73. The Balaban J connectivity index is 0.00000392. The Morgan fingerprint density at radius 1 is 1.14 bits per heavy atom. The van der Waals surface area contributed by atoms with Crippen molar-refractivity contribution in [2.45, 2.75) is 6.42 Å². The third-order valence-corrected chi connectivity index (χ3v) is 4.13. The van der Waals surface area contributed by atoms with E-state index < -0.39 is 0 Å². The molecule has 0 fully saturated rings. The van der Waals surface area contributed by atoms with Crippen molar-refractivity contribution >= 4 is 35.8 Å². The first-order valence-corrected chi connectivity index (χ1v) is 9.04. The molecule has 1 amide bonds. The topological polar surface area (TPSA) is 66.0 Å². The van der Waals surface area contributed by atoms with Crippen molar-refractivity contribution < 1.29 is 9.53 Å². The number of para-hydroxylation sites is 1. The van der Waals surface area contributed by atoms with Gasteiger partial charge in [-0.1, -0.05) is 30.3 Å². The van der Waals surface area contributed by atoms with Crippen LogP contribution in [0.1, 0.15) is 15.9 Å². The summed E-state index contributed by atoms with van der Waals surface area (Å²) in [4.78, 5) is 18.1. The fourth-order valence-corrected chi connectivity index (χ4v) is 2.64. The Bertz CT molecular complexity index is 753. The highest BCUT2D eigenvalue weighted by molar-refractivity contribution is 14.0. The second-order valence-corrected chi connectivity index (χ2v) is 6.09. The first-order chi connectivity index (χ1) is 13.1. The summed E-state index contributed by atoms with van der Waals surface area (Å²) in [5.74, 6) is 1.61. The highest BCUT2D eigenvalue weighted by Gasteiger charge is 2.07. The van der Waals surface area contributed by atoms with Crippen molar-refractivity contribution in [3.8, 4) is 5.75 Å². The van der Waals surface area contributed by atoms with E-state index in [1.54, 1.807) is 14.1 Å². The number of aliphatic imine (C=N–C) groups is 1. The molecular weight excluding hydrogens is 467 g/mol. The highest BCUT2D eigenvalue weighted by atomic mass is 127. The number of hydrogen-bond donors (Lipinski definition) is 2. The lowest BCUT2D eigenvalue weighted by Gasteiger charge is -2.22. The molecule has 2 rings (SSSR count). The van der Waals surface area contributed by atoms with Crippen LogP contribution >= 0.6 is 24.0 Å². The molecule has 0 unspecified atom stereocenters. The fraction of sp³-hybridized carbons (Fsp3) is 0.333. The maximum Gasteiger partial charge on any atom is 0.251 e. The zero-order valence-corrected chi connectivity index (χ0v) is 19.0. The Morgan fingerprint density at radius 2 is 1.89 bits per heavy atom. The molecule has 7 heteroatoms. The summed E-state index contributed by atoms with van der Waals surface area (Å²) in [5, 5.41) is 5.99. The zero-order chi connectivity index (χ0) is 19.5. The summed E-state index contributed by atoms with van der Waals surface area (Å²) in [6.07, 6.45) is 0.804. The first kappa shape index (κ1) is 23.7. The van der Waals surface area contributed by atoms with Gasteiger partial charge in [-0.2, -0.15) is 0 Å². The van der Waals surface area contributed by atoms with Crippen LogP contribution in [0.2, 0.25) is 0 Å². The largest absolute Gasteiger partial charge is 0.492 e. The van der Waals surface area contributed by atoms with Gasteiger partial charge >= 0.3 is 0 Å². The summed E-state index contributed by atoms with van der Waals surface area (Å²) in [7, 11) is 5.39. The van der Waals surface area contributed by atoms with E-state index >= 15 is 0 Å². The van der Waals surface area contributed by atoms with E-state index in [0.717, 1.165) is 36.8 Å². The standard InChI is InChI=1S/C21H28N4O2.HI/c1-22-20(26)18-9-7-8-17(16-18)12-13-24-21(23-2)25(3)14-15-27-19-10-5-4-6-11-19;/h4-11,16H,12-15H2,1-3H3,(H,22,26)(H,23,24);1H. The highest BCUT2D eigenvalue weighted by Crippen LogP contribution is 2.08. The van der Waals surface area contributed by atoms with Crippen LogP contribution in [0.3, 0.4) is 0 Å². The Kier molecular flexibility index (Phi) is 11.0. The number of hydrogen-bond acceptors (Lipinski definition) is 3. The first-order valence-electron chi connectivity index (χ1n) is 9.04. The quantitative estimate of drug-likeness (QED) is 0.335. The molecule has 0 aliphatic rings. The number of carbonyl (C=O) groups excluding carboxylic acids is 1. The number of carbonyl (C=O) groups is 1. The van der Waals surface area contributed by atoms with Gasteiger partial charge in [-0.05, 0) is 36.2 Å². The Labute approximate surface area is 184 Å². The van der Waals surface area contributed by atoms with Gasteiger partial charge in [-0.3, -0.25) is 9.79 Å². The van der Waals surface area contributed by atoms with E-state index in [-0.39, 0.29) is 29.9 Å². The number of amides is 1. The molecule has 0 heterocycles. The molecule has 2 aromatic carbocycles. The van der Waals surface area contributed by atoms with E-state index in [1.807, 2.05) is 66.5 Å². The average molecular weight is 496 g/mol. The number of ether oxygens (including phenoxy) is 1. The van der Waals surface area contributed by atoms with Gasteiger partial charge in [0.1, 0.15) is 12.4 Å². The van der Waals surface area contributed by atoms with E-state index in [0.29, 0.717) is 12.2 Å². The summed E-state index contributed by atoms with van der Waals surface area (Å²) in [6, 6.07) is 17.4. The third kappa shape index (κ3) is 7.75. The van der Waals surface area contributed by atoms with Gasteiger partial charge in [0.05, 0.1) is 6.54 Å². The average Bonchev–Trinajstić information content (AvgIpc) is 2.71. The number of rotatable bonds is 8. The maximum atomic E-state index is 11.7. The number of nitrogens with zero attached hydrogens (tertiary/aromatic N) is 2. The number of likely N-dealkylation sites (N-methyl/N-ethyl adjacent to an activating group) is 1. The summed E-state index contributed by atoms with van der Waals surface area (Å²) in [6.45, 7) is 2.03. The van der Waals surface area contributed by atoms with Crippen LogP contribution in [0.15, 0.2) is 59.6 Å². The van der Waals surface area contributed by atoms with Gasteiger partial charge in [-0.15, -0.1) is 24.0 Å². The van der Waals surface area contributed by atoms with E-state index in [1.165, 1.54) is 0 Å². The van der Waals surface area contributed by atoms with E-state index in [4.69, 9.17) is 4.74 Å². The smallest absolute Gasteiger partial charge is 0.251 e. The molecule has 0 saturated heterocycles. The molecular formula is C21H29IN4O2. The van der Waals surface area contributed by atoms with Crippen molar-refractivity contribution in [3.05, 3.63) is 65.7 Å². The van der Waals surface area contributed by atoms with Gasteiger partial charge in [0.2, 0.25) is 0 Å². The van der Waals surface area contributed by atoms with Crippen molar-refractivity contribution in [3.63, 3.8) is 0 Å². The second kappa shape index (κ2) is 13.0. The number of benzene rings is 2. The van der Waals surface area contributed by atoms with Crippen molar-refractivity contribution in [2.75, 3.05) is 40.8 Å². The summed E-state index contributed by atoms with van der Waals surface area (Å²) in [5.41, 5.74) is 1.78. The van der Waals surface area contributed by atoms with Crippen LogP contribution in [0.25, 0.3) is 0 Å². The molecule has 0 bridgehead atoms. The molecule has 0 atom stereocenters. The Morgan fingerprint density at radius 3 is 2.57 bits per heavy atom. The predicted octanol–water partition coefficient (Wildman–Crippen LogP) is 2.79. The second-order valence-electron chi connectivity index (χ2n) is 6.09. The number of halogens is 1. The normalized spacial score (nSPS) is 10.6. The van der Waals surface area contributed by atoms with Crippen LogP contribution in [0, 0.1) is 0 Å². The van der Waals surface area contributed by atoms with Gasteiger partial charge in [0.25, 0.3) is 5.91 Å². The lowest BCUT2D eigenvalue weighted by atomic mass is 10.1. The molecule has 0 radical (unpaired) electrons. The molecule has 6 nitrogen and oxygen atoms in total. The lowest BCUT2D eigenvalue weighted by molar-refractivity contribution is 0.0963. The fourth-order valence-electron chi connectivity index (χ4n) is 2.64. The molecule has 0 aliphatic carbocycles. The van der Waals surface area contributed by atoms with Crippen LogP contribution in [-0.2, 0) is 6.42 Å². The van der Waals surface area contributed by atoms with Gasteiger partial charge in [0, 0.05) is 33.3 Å². The minimum absolute atomic E-state index is 0. The molecule has 28 heavy (non-hydrogen) atoms. The van der Waals surface area contributed by atoms with Crippen LogP contribution in [-0.4, -0.2) is 57.6 Å². The summed E-state index contributed by atoms with van der Waals surface area (Å²) >= 11 is 0. The predicted molar refractivity (Wildman–Crippen MR) is 125 cm³/mol. The van der Waals surface area contributed by atoms with Crippen molar-refractivity contribution in [1.29, 1.82) is 0 Å². The van der Waals surface area contributed by atoms with E-state index in [2.05, 4.69) is 15.6 Å². The number of guanidine groups is 1. The Hall–Kier alpha value is -2.29. The third-order valence-electron chi connectivity index (χ3n) is 4.13. The van der Waals surface area contributed by atoms with Crippen LogP contribution < -0.4 is 15.4 Å². The van der Waals surface area contributed by atoms with Crippen LogP contribution in [0.4, 0.5) is 0 Å².